The van der Waals surface area contributed by atoms with Gasteiger partial charge in [0.15, 0.2) is 0 Å². The minimum absolute atomic E-state index is 0.0315. The van der Waals surface area contributed by atoms with Gasteiger partial charge in [-0.3, -0.25) is 14.1 Å². The highest BCUT2D eigenvalue weighted by Crippen LogP contribution is 2.23. The number of fused-ring (bicyclic) bond motifs is 1. The van der Waals surface area contributed by atoms with Crippen LogP contribution in [-0.4, -0.2) is 21.3 Å². The van der Waals surface area contributed by atoms with Crippen molar-refractivity contribution in [3.05, 3.63) is 66.8 Å². The average molecular weight is 378 g/mol. The number of pyridine rings is 1. The lowest BCUT2D eigenvalue weighted by molar-refractivity contribution is 0.318. The molecular formula is C16H16BrN3OS. The van der Waals surface area contributed by atoms with Crippen LogP contribution in [0, 0.1) is 6.92 Å². The predicted molar refractivity (Wildman–Crippen MR) is 93.4 cm³/mol. The summed E-state index contributed by atoms with van der Waals surface area (Å²) in [5.41, 5.74) is 2.51. The molecule has 3 heterocycles. The highest BCUT2D eigenvalue weighted by Gasteiger charge is 2.07. The molecule has 0 aliphatic carbocycles. The van der Waals surface area contributed by atoms with E-state index in [4.69, 9.17) is 0 Å². The summed E-state index contributed by atoms with van der Waals surface area (Å²) in [6, 6.07) is 9.63. The third-order valence-electron chi connectivity index (χ3n) is 3.35. The number of aromatic nitrogens is 2. The van der Waals surface area contributed by atoms with Crippen molar-refractivity contribution in [2.24, 2.45) is 0 Å². The van der Waals surface area contributed by atoms with E-state index in [-0.39, 0.29) is 5.56 Å². The molecule has 0 aromatic carbocycles. The van der Waals surface area contributed by atoms with Gasteiger partial charge in [-0.15, -0.1) is 11.3 Å². The van der Waals surface area contributed by atoms with Gasteiger partial charge in [-0.1, -0.05) is 6.07 Å². The molecule has 0 unspecified atom stereocenters. The standard InChI is InChI=1S/C16H16BrN3OS/c1-11-3-6-15-18-12(7-16(21)20(15)8-11)9-19(2)10-13-4-5-14(17)22-13/h3-8H,9-10H2,1-2H3. The summed E-state index contributed by atoms with van der Waals surface area (Å²) in [5, 5.41) is 0. The van der Waals surface area contributed by atoms with Crippen molar-refractivity contribution in [2.45, 2.75) is 20.0 Å². The number of rotatable bonds is 4. The Labute approximate surface area is 141 Å². The van der Waals surface area contributed by atoms with Crippen LogP contribution in [0.4, 0.5) is 0 Å². The van der Waals surface area contributed by atoms with Gasteiger partial charge in [0.2, 0.25) is 0 Å². The zero-order chi connectivity index (χ0) is 15.7. The van der Waals surface area contributed by atoms with Crippen LogP contribution in [0.25, 0.3) is 5.65 Å². The van der Waals surface area contributed by atoms with Crippen LogP contribution in [0.15, 0.2) is 45.1 Å². The number of thiophene rings is 1. The fourth-order valence-electron chi connectivity index (χ4n) is 2.37. The van der Waals surface area contributed by atoms with Gasteiger partial charge in [0.25, 0.3) is 5.56 Å². The molecular weight excluding hydrogens is 362 g/mol. The Bertz CT molecular complexity index is 871. The van der Waals surface area contributed by atoms with Gasteiger partial charge in [-0.05, 0) is 53.7 Å². The lowest BCUT2D eigenvalue weighted by Crippen LogP contribution is -2.21. The molecule has 0 radical (unpaired) electrons. The number of aryl methyl sites for hydroxylation is 1. The Morgan fingerprint density at radius 3 is 2.82 bits per heavy atom. The Balaban J connectivity index is 1.81. The predicted octanol–water partition coefficient (Wildman–Crippen LogP) is 3.46. The van der Waals surface area contributed by atoms with Crippen molar-refractivity contribution in [3.63, 3.8) is 0 Å². The zero-order valence-electron chi connectivity index (χ0n) is 12.4. The van der Waals surface area contributed by atoms with Crippen molar-refractivity contribution in [2.75, 3.05) is 7.05 Å². The first-order valence-electron chi connectivity index (χ1n) is 6.93. The molecule has 3 aromatic heterocycles. The smallest absolute Gasteiger partial charge is 0.258 e. The van der Waals surface area contributed by atoms with Crippen molar-refractivity contribution in [3.8, 4) is 0 Å². The molecule has 4 nitrogen and oxygen atoms in total. The molecule has 22 heavy (non-hydrogen) atoms. The van der Waals surface area contributed by atoms with E-state index in [2.05, 4.69) is 37.9 Å². The Morgan fingerprint density at radius 1 is 1.27 bits per heavy atom. The summed E-state index contributed by atoms with van der Waals surface area (Å²) >= 11 is 5.20. The fourth-order valence-corrected chi connectivity index (χ4v) is 3.94. The molecule has 0 saturated carbocycles. The van der Waals surface area contributed by atoms with E-state index in [0.29, 0.717) is 12.2 Å². The van der Waals surface area contributed by atoms with Gasteiger partial charge < -0.3 is 0 Å². The van der Waals surface area contributed by atoms with Gasteiger partial charge in [0, 0.05) is 30.2 Å². The maximum absolute atomic E-state index is 12.2. The first-order chi connectivity index (χ1) is 10.5. The van der Waals surface area contributed by atoms with Crippen LogP contribution >= 0.6 is 27.3 Å². The highest BCUT2D eigenvalue weighted by molar-refractivity contribution is 9.11. The van der Waals surface area contributed by atoms with E-state index in [9.17, 15) is 4.79 Å². The normalized spacial score (nSPS) is 11.5. The quantitative estimate of drug-likeness (QED) is 0.698. The van der Waals surface area contributed by atoms with Crippen LogP contribution in [0.2, 0.25) is 0 Å². The number of halogens is 1. The van der Waals surface area contributed by atoms with Crippen LogP contribution in [0.5, 0.6) is 0 Å². The molecule has 0 atom stereocenters. The van der Waals surface area contributed by atoms with E-state index in [1.54, 1.807) is 21.8 Å². The summed E-state index contributed by atoms with van der Waals surface area (Å²) in [7, 11) is 2.03. The van der Waals surface area contributed by atoms with E-state index in [1.165, 1.54) is 4.88 Å². The minimum atomic E-state index is -0.0315. The molecule has 0 spiro atoms. The van der Waals surface area contributed by atoms with Gasteiger partial charge in [0.05, 0.1) is 9.48 Å². The summed E-state index contributed by atoms with van der Waals surface area (Å²) in [6.07, 6.45) is 1.82. The van der Waals surface area contributed by atoms with E-state index in [1.807, 2.05) is 32.3 Å². The first kappa shape index (κ1) is 15.4. The molecule has 0 aliphatic heterocycles. The third kappa shape index (κ3) is 3.45. The van der Waals surface area contributed by atoms with Gasteiger partial charge in [-0.2, -0.15) is 0 Å². The number of nitrogens with zero attached hydrogens (tertiary/aromatic N) is 3. The van der Waals surface area contributed by atoms with Gasteiger partial charge >= 0.3 is 0 Å². The molecule has 114 valence electrons. The lowest BCUT2D eigenvalue weighted by Gasteiger charge is -2.15. The van der Waals surface area contributed by atoms with Crippen LogP contribution < -0.4 is 5.56 Å². The lowest BCUT2D eigenvalue weighted by atomic mass is 10.3. The SMILES string of the molecule is Cc1ccc2nc(CN(C)Cc3ccc(Br)s3)cc(=O)n2c1. The molecule has 0 amide bonds. The zero-order valence-corrected chi connectivity index (χ0v) is 14.8. The number of hydrogen-bond donors (Lipinski definition) is 0. The molecule has 0 N–H and O–H groups in total. The molecule has 3 aromatic rings. The largest absolute Gasteiger partial charge is 0.295 e. The highest BCUT2D eigenvalue weighted by atomic mass is 79.9. The summed E-state index contributed by atoms with van der Waals surface area (Å²) in [6.45, 7) is 3.45. The number of hydrogen-bond acceptors (Lipinski definition) is 4. The van der Waals surface area contributed by atoms with Crippen LogP contribution in [0.3, 0.4) is 0 Å². The first-order valence-corrected chi connectivity index (χ1v) is 8.54. The molecule has 0 aliphatic rings. The maximum Gasteiger partial charge on any atom is 0.258 e. The summed E-state index contributed by atoms with van der Waals surface area (Å²) < 4.78 is 2.73. The monoisotopic (exact) mass is 377 g/mol. The molecule has 0 fully saturated rings. The maximum atomic E-state index is 12.2. The van der Waals surface area contributed by atoms with Crippen molar-refractivity contribution < 1.29 is 0 Å². The Morgan fingerprint density at radius 2 is 2.09 bits per heavy atom. The minimum Gasteiger partial charge on any atom is -0.295 e. The second-order valence-corrected chi connectivity index (χ2v) is 7.95. The van der Waals surface area contributed by atoms with Crippen molar-refractivity contribution in [1.82, 2.24) is 14.3 Å². The van der Waals surface area contributed by atoms with E-state index in [0.717, 1.165) is 21.6 Å². The third-order valence-corrected chi connectivity index (χ3v) is 4.96. The fraction of sp³-hybridized carbons (Fsp3) is 0.250. The van der Waals surface area contributed by atoms with Crippen LogP contribution in [0.1, 0.15) is 16.1 Å². The Hall–Kier alpha value is -1.50. The van der Waals surface area contributed by atoms with E-state index >= 15 is 0 Å². The van der Waals surface area contributed by atoms with E-state index < -0.39 is 0 Å². The van der Waals surface area contributed by atoms with Crippen molar-refractivity contribution in [1.29, 1.82) is 0 Å². The second-order valence-electron chi connectivity index (χ2n) is 5.40. The second kappa shape index (κ2) is 6.32. The molecule has 0 bridgehead atoms. The Kier molecular flexibility index (Phi) is 4.42. The molecule has 3 rings (SSSR count). The van der Waals surface area contributed by atoms with Gasteiger partial charge in [0.1, 0.15) is 5.65 Å². The molecule has 6 heteroatoms. The summed E-state index contributed by atoms with van der Waals surface area (Å²) in [5.74, 6) is 0. The average Bonchev–Trinajstić information content (AvgIpc) is 2.85. The topological polar surface area (TPSA) is 37.6 Å². The van der Waals surface area contributed by atoms with Crippen molar-refractivity contribution >= 4 is 32.9 Å². The van der Waals surface area contributed by atoms with Gasteiger partial charge in [-0.25, -0.2) is 4.98 Å². The molecule has 0 saturated heterocycles. The van der Waals surface area contributed by atoms with Crippen LogP contribution in [-0.2, 0) is 13.1 Å². The summed E-state index contributed by atoms with van der Waals surface area (Å²) in [4.78, 5) is 20.2.